The van der Waals surface area contributed by atoms with Crippen molar-refractivity contribution in [3.63, 3.8) is 0 Å². The van der Waals surface area contributed by atoms with E-state index in [0.717, 1.165) is 17.8 Å². The van der Waals surface area contributed by atoms with Gasteiger partial charge in [0.2, 0.25) is 0 Å². The van der Waals surface area contributed by atoms with Crippen molar-refractivity contribution in [3.8, 4) is 0 Å². The molecule has 0 amide bonds. The van der Waals surface area contributed by atoms with Gasteiger partial charge in [-0.1, -0.05) is 33.6 Å². The SMILES string of the molecule is CCCC(OC)C(NC)C1CCC(C)C(C)C1. The average Bonchev–Trinajstić information content (AvgIpc) is 2.33. The van der Waals surface area contributed by atoms with Crippen LogP contribution in [0.2, 0.25) is 0 Å². The quantitative estimate of drug-likeness (QED) is 0.769. The lowest BCUT2D eigenvalue weighted by molar-refractivity contribution is 0.0260. The van der Waals surface area contributed by atoms with Crippen molar-refractivity contribution < 1.29 is 4.74 Å². The van der Waals surface area contributed by atoms with E-state index in [-0.39, 0.29) is 0 Å². The van der Waals surface area contributed by atoms with Gasteiger partial charge in [0, 0.05) is 13.2 Å². The highest BCUT2D eigenvalue weighted by Gasteiger charge is 2.33. The van der Waals surface area contributed by atoms with Gasteiger partial charge in [-0.05, 0) is 44.1 Å². The molecule has 102 valence electrons. The molecule has 5 atom stereocenters. The van der Waals surface area contributed by atoms with Crippen LogP contribution in [0.5, 0.6) is 0 Å². The van der Waals surface area contributed by atoms with Gasteiger partial charge in [-0.15, -0.1) is 0 Å². The smallest absolute Gasteiger partial charge is 0.0726 e. The minimum absolute atomic E-state index is 0.385. The van der Waals surface area contributed by atoms with E-state index in [1.165, 1.54) is 32.1 Å². The van der Waals surface area contributed by atoms with Crippen LogP contribution in [0.3, 0.4) is 0 Å². The molecule has 17 heavy (non-hydrogen) atoms. The zero-order valence-electron chi connectivity index (χ0n) is 12.3. The molecule has 0 bridgehead atoms. The van der Waals surface area contributed by atoms with E-state index >= 15 is 0 Å². The number of rotatable bonds is 6. The lowest BCUT2D eigenvalue weighted by atomic mass is 9.72. The Morgan fingerprint density at radius 2 is 1.94 bits per heavy atom. The Balaban J connectivity index is 2.60. The van der Waals surface area contributed by atoms with E-state index in [0.29, 0.717) is 12.1 Å². The van der Waals surface area contributed by atoms with Gasteiger partial charge in [-0.3, -0.25) is 0 Å². The van der Waals surface area contributed by atoms with Crippen LogP contribution in [0, 0.1) is 17.8 Å². The van der Waals surface area contributed by atoms with Crippen LogP contribution in [-0.4, -0.2) is 26.3 Å². The molecular weight excluding hydrogens is 210 g/mol. The first-order chi connectivity index (χ1) is 8.13. The third kappa shape index (κ3) is 3.96. The fourth-order valence-electron chi connectivity index (χ4n) is 3.37. The molecule has 5 unspecified atom stereocenters. The number of likely N-dealkylation sites (N-methyl/N-ethyl adjacent to an activating group) is 1. The first kappa shape index (κ1) is 15.0. The molecule has 1 aliphatic carbocycles. The van der Waals surface area contributed by atoms with E-state index in [4.69, 9.17) is 4.74 Å². The number of methoxy groups -OCH3 is 1. The molecule has 0 saturated heterocycles. The lowest BCUT2D eigenvalue weighted by Gasteiger charge is -2.39. The van der Waals surface area contributed by atoms with Crippen LogP contribution in [0.15, 0.2) is 0 Å². The maximum Gasteiger partial charge on any atom is 0.0726 e. The van der Waals surface area contributed by atoms with Crippen LogP contribution in [0.25, 0.3) is 0 Å². The Bertz CT molecular complexity index is 207. The molecule has 1 fully saturated rings. The van der Waals surface area contributed by atoms with Crippen LogP contribution in [-0.2, 0) is 4.74 Å². The Morgan fingerprint density at radius 3 is 2.41 bits per heavy atom. The third-order valence-electron chi connectivity index (χ3n) is 4.76. The monoisotopic (exact) mass is 241 g/mol. The molecule has 2 nitrogen and oxygen atoms in total. The maximum atomic E-state index is 5.70. The minimum Gasteiger partial charge on any atom is -0.380 e. The predicted molar refractivity (Wildman–Crippen MR) is 74.2 cm³/mol. The summed E-state index contributed by atoms with van der Waals surface area (Å²) >= 11 is 0. The summed E-state index contributed by atoms with van der Waals surface area (Å²) in [7, 11) is 3.95. The van der Waals surface area contributed by atoms with Gasteiger partial charge >= 0.3 is 0 Å². The van der Waals surface area contributed by atoms with E-state index in [2.05, 4.69) is 33.1 Å². The molecule has 1 N–H and O–H groups in total. The molecule has 1 aliphatic rings. The fraction of sp³-hybridized carbons (Fsp3) is 1.00. The number of ether oxygens (including phenoxy) is 1. The van der Waals surface area contributed by atoms with E-state index in [1.54, 1.807) is 0 Å². The summed E-state index contributed by atoms with van der Waals surface area (Å²) in [5, 5.41) is 3.52. The van der Waals surface area contributed by atoms with Crippen LogP contribution in [0.4, 0.5) is 0 Å². The standard InChI is InChI=1S/C15H31NO/c1-6-7-14(17-5)15(16-4)13-9-8-11(2)12(3)10-13/h11-16H,6-10H2,1-5H3. The second kappa shape index (κ2) is 7.38. The normalized spacial score (nSPS) is 33.4. The molecular formula is C15H31NO. The molecule has 2 heteroatoms. The zero-order valence-corrected chi connectivity index (χ0v) is 12.3. The Hall–Kier alpha value is -0.0800. The maximum absolute atomic E-state index is 5.70. The van der Waals surface area contributed by atoms with Gasteiger partial charge in [-0.2, -0.15) is 0 Å². The zero-order chi connectivity index (χ0) is 12.8. The molecule has 0 radical (unpaired) electrons. The van der Waals surface area contributed by atoms with Crippen LogP contribution in [0.1, 0.15) is 52.9 Å². The second-order valence-electron chi connectivity index (χ2n) is 5.90. The summed E-state index contributed by atoms with van der Waals surface area (Å²) in [4.78, 5) is 0. The Morgan fingerprint density at radius 1 is 1.24 bits per heavy atom. The highest BCUT2D eigenvalue weighted by Crippen LogP contribution is 2.36. The number of hydrogen-bond donors (Lipinski definition) is 1. The predicted octanol–water partition coefficient (Wildman–Crippen LogP) is 3.46. The molecule has 0 heterocycles. The van der Waals surface area contributed by atoms with Crippen molar-refractivity contribution in [1.29, 1.82) is 0 Å². The van der Waals surface area contributed by atoms with Gasteiger partial charge in [0.1, 0.15) is 0 Å². The van der Waals surface area contributed by atoms with E-state index in [1.807, 2.05) is 7.11 Å². The largest absolute Gasteiger partial charge is 0.380 e. The summed E-state index contributed by atoms with van der Waals surface area (Å²) in [6.07, 6.45) is 6.86. The Labute approximate surface area is 108 Å². The third-order valence-corrected chi connectivity index (χ3v) is 4.76. The minimum atomic E-state index is 0.385. The molecule has 0 spiro atoms. The summed E-state index contributed by atoms with van der Waals surface area (Å²) < 4.78 is 5.70. The fourth-order valence-corrected chi connectivity index (χ4v) is 3.37. The first-order valence-electron chi connectivity index (χ1n) is 7.34. The lowest BCUT2D eigenvalue weighted by Crippen LogP contribution is -2.46. The van der Waals surface area contributed by atoms with Crippen molar-refractivity contribution in [2.45, 2.75) is 65.0 Å². The molecule has 0 aromatic carbocycles. The summed E-state index contributed by atoms with van der Waals surface area (Å²) in [5.74, 6) is 2.56. The second-order valence-corrected chi connectivity index (χ2v) is 5.90. The summed E-state index contributed by atoms with van der Waals surface area (Å²) in [6.45, 7) is 7.05. The van der Waals surface area contributed by atoms with Crippen LogP contribution >= 0.6 is 0 Å². The molecule has 0 aromatic rings. The van der Waals surface area contributed by atoms with Crippen molar-refractivity contribution in [2.75, 3.05) is 14.2 Å². The Kier molecular flexibility index (Phi) is 6.50. The van der Waals surface area contributed by atoms with Gasteiger partial charge in [0.25, 0.3) is 0 Å². The van der Waals surface area contributed by atoms with Crippen molar-refractivity contribution in [2.24, 2.45) is 17.8 Å². The van der Waals surface area contributed by atoms with Gasteiger partial charge in [-0.25, -0.2) is 0 Å². The van der Waals surface area contributed by atoms with E-state index < -0.39 is 0 Å². The molecule has 0 aliphatic heterocycles. The average molecular weight is 241 g/mol. The van der Waals surface area contributed by atoms with Gasteiger partial charge in [0.15, 0.2) is 0 Å². The van der Waals surface area contributed by atoms with Crippen molar-refractivity contribution >= 4 is 0 Å². The highest BCUT2D eigenvalue weighted by atomic mass is 16.5. The molecule has 0 aromatic heterocycles. The number of nitrogens with one attached hydrogen (secondary N) is 1. The topological polar surface area (TPSA) is 21.3 Å². The highest BCUT2D eigenvalue weighted by molar-refractivity contribution is 4.87. The first-order valence-corrected chi connectivity index (χ1v) is 7.34. The molecule has 1 saturated carbocycles. The van der Waals surface area contributed by atoms with Gasteiger partial charge < -0.3 is 10.1 Å². The van der Waals surface area contributed by atoms with Crippen molar-refractivity contribution in [3.05, 3.63) is 0 Å². The number of hydrogen-bond acceptors (Lipinski definition) is 2. The van der Waals surface area contributed by atoms with Gasteiger partial charge in [0.05, 0.1) is 6.10 Å². The summed E-state index contributed by atoms with van der Waals surface area (Å²) in [5.41, 5.74) is 0. The molecule has 1 rings (SSSR count). The summed E-state index contributed by atoms with van der Waals surface area (Å²) in [6, 6.07) is 0.537. The van der Waals surface area contributed by atoms with Crippen molar-refractivity contribution in [1.82, 2.24) is 5.32 Å². The van der Waals surface area contributed by atoms with Crippen LogP contribution < -0.4 is 5.32 Å². The van der Waals surface area contributed by atoms with E-state index in [9.17, 15) is 0 Å².